The minimum Gasteiger partial charge on any atom is -0.396 e. The van der Waals surface area contributed by atoms with Crippen molar-refractivity contribution in [3.63, 3.8) is 0 Å². The zero-order chi connectivity index (χ0) is 16.2. The zero-order valence-electron chi connectivity index (χ0n) is 14.4. The first-order valence-electron chi connectivity index (χ1n) is 8.93. The van der Waals surface area contributed by atoms with Crippen molar-refractivity contribution in [3.05, 3.63) is 24.3 Å². The fourth-order valence-electron chi connectivity index (χ4n) is 5.94. The molecule has 3 aliphatic carbocycles. The van der Waals surface area contributed by atoms with E-state index in [1.807, 2.05) is 6.08 Å². The monoisotopic (exact) mass is 304 g/mol. The summed E-state index contributed by atoms with van der Waals surface area (Å²) in [5.41, 5.74) is 1.35. The molecular weight excluding hydrogens is 272 g/mol. The first-order valence-corrected chi connectivity index (χ1v) is 8.93. The maximum atomic E-state index is 10.9. The van der Waals surface area contributed by atoms with E-state index in [1.54, 1.807) is 0 Å². The van der Waals surface area contributed by atoms with E-state index in [-0.39, 0.29) is 29.0 Å². The Morgan fingerprint density at radius 2 is 2.00 bits per heavy atom. The number of fused-ring (bicyclic) bond motifs is 3. The molecule has 0 bridgehead atoms. The fourth-order valence-corrected chi connectivity index (χ4v) is 5.94. The summed E-state index contributed by atoms with van der Waals surface area (Å²) >= 11 is 0. The second-order valence-electron chi connectivity index (χ2n) is 8.87. The minimum absolute atomic E-state index is 0.0408. The van der Waals surface area contributed by atoms with E-state index in [1.165, 1.54) is 18.4 Å². The molecule has 2 heteroatoms. The fraction of sp³-hybridized carbons (Fsp3) is 0.800. The Kier molecular flexibility index (Phi) is 3.85. The minimum atomic E-state index is -0.385. The second-order valence-corrected chi connectivity index (χ2v) is 8.87. The Labute approximate surface area is 135 Å². The van der Waals surface area contributed by atoms with Crippen LogP contribution in [0.3, 0.4) is 0 Å². The van der Waals surface area contributed by atoms with Crippen LogP contribution in [0.2, 0.25) is 0 Å². The van der Waals surface area contributed by atoms with Gasteiger partial charge in [-0.2, -0.15) is 0 Å². The molecule has 0 spiro atoms. The van der Waals surface area contributed by atoms with Gasteiger partial charge in [0.15, 0.2) is 0 Å². The summed E-state index contributed by atoms with van der Waals surface area (Å²) in [4.78, 5) is 0. The Morgan fingerprint density at radius 3 is 2.64 bits per heavy atom. The van der Waals surface area contributed by atoms with Crippen molar-refractivity contribution < 1.29 is 10.2 Å². The van der Waals surface area contributed by atoms with Crippen LogP contribution in [0.1, 0.15) is 59.3 Å². The van der Waals surface area contributed by atoms with Crippen LogP contribution in [-0.4, -0.2) is 22.9 Å². The molecule has 2 nitrogen and oxygen atoms in total. The quantitative estimate of drug-likeness (QED) is 0.755. The predicted molar refractivity (Wildman–Crippen MR) is 90.4 cm³/mol. The summed E-state index contributed by atoms with van der Waals surface area (Å²) in [5, 5.41) is 20.9. The summed E-state index contributed by atoms with van der Waals surface area (Å²) in [7, 11) is 0. The van der Waals surface area contributed by atoms with Crippen LogP contribution in [0.4, 0.5) is 0 Å². The van der Waals surface area contributed by atoms with Gasteiger partial charge in [0, 0.05) is 12.0 Å². The van der Waals surface area contributed by atoms with Crippen LogP contribution < -0.4 is 0 Å². The normalized spacial score (nSPS) is 51.5. The lowest BCUT2D eigenvalue weighted by Gasteiger charge is -2.60. The molecular formula is C20H32O2. The summed E-state index contributed by atoms with van der Waals surface area (Å²) < 4.78 is 0. The molecule has 0 aliphatic heterocycles. The first-order chi connectivity index (χ1) is 10.3. The van der Waals surface area contributed by atoms with Crippen molar-refractivity contribution in [1.82, 2.24) is 0 Å². The third kappa shape index (κ3) is 2.06. The van der Waals surface area contributed by atoms with Crippen molar-refractivity contribution in [2.75, 3.05) is 6.61 Å². The molecule has 124 valence electrons. The molecule has 22 heavy (non-hydrogen) atoms. The molecule has 2 fully saturated rings. The van der Waals surface area contributed by atoms with Crippen molar-refractivity contribution in [2.24, 2.45) is 28.1 Å². The molecule has 3 aliphatic rings. The Bertz CT molecular complexity index is 496. The standard InChI is InChI=1S/C20H32O2/c1-5-18(2)12-9-15-14(17(18)22)7-8-16-19(3,13-21)10-6-11-20(15,16)4/h5,7,15-17,21-22H,1,6,8-13H2,2-4H3/t15?,16-,17+,18?,19+,20+/m1/s1. The van der Waals surface area contributed by atoms with Gasteiger partial charge in [-0.15, -0.1) is 6.58 Å². The highest BCUT2D eigenvalue weighted by molar-refractivity contribution is 5.29. The van der Waals surface area contributed by atoms with Crippen LogP contribution in [0, 0.1) is 28.1 Å². The SMILES string of the molecule is C=CC1(C)CCC2C(=CC[C@@H]3[C@](C)(CO)CCC[C@@]23C)[C@@H]1O. The Balaban J connectivity index is 2.00. The number of aliphatic hydroxyl groups is 2. The van der Waals surface area contributed by atoms with E-state index in [0.29, 0.717) is 11.8 Å². The van der Waals surface area contributed by atoms with E-state index in [9.17, 15) is 10.2 Å². The predicted octanol–water partition coefficient (Wildman–Crippen LogP) is 4.08. The Morgan fingerprint density at radius 1 is 1.27 bits per heavy atom. The highest BCUT2D eigenvalue weighted by atomic mass is 16.3. The number of aliphatic hydroxyl groups excluding tert-OH is 2. The van der Waals surface area contributed by atoms with Gasteiger partial charge in [0.2, 0.25) is 0 Å². The average molecular weight is 304 g/mol. The highest BCUT2D eigenvalue weighted by Crippen LogP contribution is 2.63. The summed E-state index contributed by atoms with van der Waals surface area (Å²) in [5.74, 6) is 1.01. The van der Waals surface area contributed by atoms with E-state index in [0.717, 1.165) is 25.7 Å². The van der Waals surface area contributed by atoms with E-state index in [4.69, 9.17) is 0 Å². The van der Waals surface area contributed by atoms with Crippen molar-refractivity contribution >= 4 is 0 Å². The first kappa shape index (κ1) is 16.3. The molecule has 0 saturated heterocycles. The second kappa shape index (κ2) is 5.21. The largest absolute Gasteiger partial charge is 0.396 e. The topological polar surface area (TPSA) is 40.5 Å². The maximum Gasteiger partial charge on any atom is 0.0840 e. The van der Waals surface area contributed by atoms with Gasteiger partial charge in [0.25, 0.3) is 0 Å². The molecule has 3 rings (SSSR count). The molecule has 0 aromatic rings. The van der Waals surface area contributed by atoms with Gasteiger partial charge >= 0.3 is 0 Å². The summed E-state index contributed by atoms with van der Waals surface area (Å²) in [6, 6.07) is 0. The molecule has 0 amide bonds. The molecule has 2 saturated carbocycles. The van der Waals surface area contributed by atoms with Gasteiger partial charge < -0.3 is 10.2 Å². The zero-order valence-corrected chi connectivity index (χ0v) is 14.4. The summed E-state index contributed by atoms with van der Waals surface area (Å²) in [6.45, 7) is 11.1. The number of hydrogen-bond acceptors (Lipinski definition) is 2. The van der Waals surface area contributed by atoms with Crippen LogP contribution in [0.15, 0.2) is 24.3 Å². The van der Waals surface area contributed by atoms with Gasteiger partial charge in [-0.25, -0.2) is 0 Å². The lowest BCUT2D eigenvalue weighted by molar-refractivity contribution is -0.0924. The summed E-state index contributed by atoms with van der Waals surface area (Å²) in [6.07, 6.45) is 10.6. The van der Waals surface area contributed by atoms with E-state index in [2.05, 4.69) is 33.4 Å². The van der Waals surface area contributed by atoms with Crippen molar-refractivity contribution in [1.29, 1.82) is 0 Å². The van der Waals surface area contributed by atoms with Crippen LogP contribution >= 0.6 is 0 Å². The lowest BCUT2D eigenvalue weighted by atomic mass is 9.45. The number of rotatable bonds is 2. The van der Waals surface area contributed by atoms with Crippen LogP contribution in [0.25, 0.3) is 0 Å². The number of allylic oxidation sites excluding steroid dienone is 1. The molecule has 0 radical (unpaired) electrons. The van der Waals surface area contributed by atoms with Crippen molar-refractivity contribution in [3.8, 4) is 0 Å². The third-order valence-corrected chi connectivity index (χ3v) is 7.63. The van der Waals surface area contributed by atoms with Gasteiger partial charge in [-0.3, -0.25) is 0 Å². The average Bonchev–Trinajstić information content (AvgIpc) is 2.51. The van der Waals surface area contributed by atoms with E-state index >= 15 is 0 Å². The molecule has 2 unspecified atom stereocenters. The van der Waals surface area contributed by atoms with Crippen LogP contribution in [-0.2, 0) is 0 Å². The van der Waals surface area contributed by atoms with Crippen molar-refractivity contribution in [2.45, 2.75) is 65.4 Å². The highest BCUT2D eigenvalue weighted by Gasteiger charge is 2.57. The molecule has 0 aromatic carbocycles. The molecule has 6 atom stereocenters. The van der Waals surface area contributed by atoms with Gasteiger partial charge in [-0.05, 0) is 60.3 Å². The van der Waals surface area contributed by atoms with Gasteiger partial charge in [0.05, 0.1) is 6.10 Å². The van der Waals surface area contributed by atoms with Crippen LogP contribution in [0.5, 0.6) is 0 Å². The third-order valence-electron chi connectivity index (χ3n) is 7.63. The molecule has 2 N–H and O–H groups in total. The van der Waals surface area contributed by atoms with Gasteiger partial charge in [-0.1, -0.05) is 39.3 Å². The maximum absolute atomic E-state index is 10.9. The van der Waals surface area contributed by atoms with E-state index < -0.39 is 0 Å². The Hall–Kier alpha value is -0.600. The van der Waals surface area contributed by atoms with Gasteiger partial charge in [0.1, 0.15) is 0 Å². The lowest BCUT2D eigenvalue weighted by Crippen LogP contribution is -2.54. The smallest absolute Gasteiger partial charge is 0.0840 e. The molecule has 0 aromatic heterocycles. The number of hydrogen-bond donors (Lipinski definition) is 2. The molecule has 0 heterocycles.